The van der Waals surface area contributed by atoms with Crippen molar-refractivity contribution in [1.29, 1.82) is 0 Å². The van der Waals surface area contributed by atoms with Crippen molar-refractivity contribution in [3.63, 3.8) is 0 Å². The first-order valence-electron chi connectivity index (χ1n) is 43.0. The Morgan fingerprint density at radius 2 is 0.762 bits per heavy atom. The second kappa shape index (κ2) is 64.8. The summed E-state index contributed by atoms with van der Waals surface area (Å²) in [6, 6.07) is -3.35. The Balaban J connectivity index is 2.52. The van der Waals surface area contributed by atoms with Crippen LogP contribution in [0.2, 0.25) is 0 Å². The van der Waals surface area contributed by atoms with E-state index in [1.807, 2.05) is 0 Å². The number of esters is 3. The first kappa shape index (κ1) is 98.2. The lowest BCUT2D eigenvalue weighted by molar-refractivity contribution is -0.304. The molecule has 2 fully saturated rings. The van der Waals surface area contributed by atoms with Gasteiger partial charge in [0.25, 0.3) is 7.82 Å². The molecule has 0 aromatic heterocycles. The molecule has 105 heavy (non-hydrogen) atoms. The number of ether oxygens (including phenoxy) is 6. The molecule has 8 N–H and O–H groups in total. The zero-order valence-electron chi connectivity index (χ0n) is 66.6. The van der Waals surface area contributed by atoms with E-state index in [2.05, 4.69) is 45.3 Å². The maximum atomic E-state index is 14.8. The van der Waals surface area contributed by atoms with Gasteiger partial charge in [0, 0.05) is 12.8 Å². The molecular formula is C82H154N2O20P-. The predicted octanol–water partition coefficient (Wildman–Crippen LogP) is 16.4. The topological polar surface area (TPSA) is 336 Å². The monoisotopic (exact) mass is 1520 g/mol. The zero-order chi connectivity index (χ0) is 77.0. The van der Waals surface area contributed by atoms with Gasteiger partial charge in [-0.2, -0.15) is 0 Å². The quantitative estimate of drug-likeness (QED) is 0.0121. The van der Waals surface area contributed by atoms with E-state index in [9.17, 15) is 63.9 Å². The molecule has 2 aliphatic heterocycles. The van der Waals surface area contributed by atoms with Crippen LogP contribution in [0.4, 0.5) is 0 Å². The molecule has 0 radical (unpaired) electrons. The summed E-state index contributed by atoms with van der Waals surface area (Å²) in [4.78, 5) is 93.3. The first-order valence-corrected chi connectivity index (χ1v) is 44.4. The molecule has 2 rings (SSSR count). The molecule has 2 aliphatic rings. The van der Waals surface area contributed by atoms with Gasteiger partial charge >= 0.3 is 17.9 Å². The molecule has 2 amide bonds. The van der Waals surface area contributed by atoms with Gasteiger partial charge in [-0.25, -0.2) is 0 Å². The SMILES string of the molecule is CCCCCCCCCCCCCC(=O)O[C@H](CCCCCCCCCCC)CC(=O)NC1[C@H](OCC2O[C@H](O)C(NC(=O)C[C@H](O)CCCCCCCCCCC)[C@@H](O)[C@@H]2O)OC(CO)[C@@H](OP(=O)([O-])O)[C@@H]1OC(=O)C[C@@H](CCCCCCCCCCC)OC(=O)CCCCCCCCCCCCC. The molecule has 2 heterocycles. The summed E-state index contributed by atoms with van der Waals surface area (Å²) in [5.74, 6) is -3.51. The van der Waals surface area contributed by atoms with Gasteiger partial charge in [0.05, 0.1) is 38.6 Å². The van der Waals surface area contributed by atoms with E-state index in [0.717, 1.165) is 154 Å². The van der Waals surface area contributed by atoms with Crippen LogP contribution in [0.15, 0.2) is 0 Å². The van der Waals surface area contributed by atoms with Crippen LogP contribution in [0.25, 0.3) is 0 Å². The fourth-order valence-electron chi connectivity index (χ4n) is 14.4. The second-order valence-corrected chi connectivity index (χ2v) is 31.8. The molecule has 23 heteroatoms. The van der Waals surface area contributed by atoms with Gasteiger partial charge in [0.2, 0.25) is 11.8 Å². The Morgan fingerprint density at radius 1 is 0.419 bits per heavy atom. The zero-order valence-corrected chi connectivity index (χ0v) is 67.5. The number of hydrogen-bond acceptors (Lipinski definition) is 19. The van der Waals surface area contributed by atoms with Crippen LogP contribution < -0.4 is 15.5 Å². The average Bonchev–Trinajstić information content (AvgIpc) is 0.771. The summed E-state index contributed by atoms with van der Waals surface area (Å²) < 4.78 is 54.5. The van der Waals surface area contributed by atoms with Gasteiger partial charge in [-0.3, -0.25) is 28.5 Å². The van der Waals surface area contributed by atoms with E-state index in [-0.39, 0.29) is 25.7 Å². The van der Waals surface area contributed by atoms with Gasteiger partial charge in [-0.15, -0.1) is 0 Å². The minimum atomic E-state index is -5.81. The van der Waals surface area contributed by atoms with E-state index in [1.165, 1.54) is 128 Å². The highest BCUT2D eigenvalue weighted by atomic mass is 31.2. The molecule has 0 bridgehead atoms. The largest absolute Gasteiger partial charge is 0.756 e. The van der Waals surface area contributed by atoms with Crippen molar-refractivity contribution in [2.24, 2.45) is 0 Å². The number of aliphatic hydroxyl groups excluding tert-OH is 5. The van der Waals surface area contributed by atoms with Gasteiger partial charge in [0.1, 0.15) is 54.8 Å². The van der Waals surface area contributed by atoms with Crippen LogP contribution in [-0.4, -0.2) is 153 Å². The lowest BCUT2D eigenvalue weighted by atomic mass is 9.95. The molecule has 0 saturated carbocycles. The standard InChI is InChI=1S/C82H155N2O20P/c1-6-11-16-21-26-31-33-38-43-48-53-58-72(89)99-66(56-51-46-41-36-29-24-19-14-9-4)61-71(88)84-76-80(103-74(91)62-67(57-52-47-42-37-30-25-20-15-10-5)100-73(90)59-54-49-44-39-34-32-27-22-17-12-7-2)79(104-105(95,96)97)68(63-85)102-82(76)98-64-69-77(92)78(93)75(81(94)101-69)83-70(87)60-65(86)55-50-45-40-35-28-23-18-13-8-3/h65-69,75-82,85-86,92-94H,6-64H2,1-5H3,(H,83,87)(H,84,88)(H2,95,96,97)/p-1/t65-,66-,67-,68?,69?,75?,76?,77-,78-,79-,80-,81+,82-/m1/s1. The van der Waals surface area contributed by atoms with Crippen molar-refractivity contribution in [2.45, 2.75) is 480 Å². The van der Waals surface area contributed by atoms with Crippen LogP contribution in [0.3, 0.4) is 0 Å². The summed E-state index contributed by atoms with van der Waals surface area (Å²) in [6.45, 7) is 9.15. The number of aliphatic hydroxyl groups is 5. The van der Waals surface area contributed by atoms with Crippen molar-refractivity contribution >= 4 is 37.5 Å². The molecule has 0 aromatic rings. The van der Waals surface area contributed by atoms with Crippen molar-refractivity contribution in [2.75, 3.05) is 13.2 Å². The third kappa shape index (κ3) is 50.6. The number of amides is 2. The van der Waals surface area contributed by atoms with Crippen molar-refractivity contribution in [3.8, 4) is 0 Å². The highest BCUT2D eigenvalue weighted by Crippen LogP contribution is 2.40. The van der Waals surface area contributed by atoms with Crippen molar-refractivity contribution < 1.29 is 96.8 Å². The number of phosphoric acid groups is 1. The van der Waals surface area contributed by atoms with Crippen LogP contribution in [-0.2, 0) is 61.5 Å². The average molecular weight is 1520 g/mol. The number of carbonyl (C=O) groups excluding carboxylic acids is 5. The maximum Gasteiger partial charge on any atom is 0.310 e. The fraction of sp³-hybridized carbons (Fsp3) is 0.939. The van der Waals surface area contributed by atoms with Crippen LogP contribution >= 0.6 is 7.82 Å². The van der Waals surface area contributed by atoms with E-state index in [0.29, 0.717) is 44.9 Å². The minimum Gasteiger partial charge on any atom is -0.756 e. The Bertz CT molecular complexity index is 2180. The predicted molar refractivity (Wildman–Crippen MR) is 410 cm³/mol. The van der Waals surface area contributed by atoms with Gasteiger partial charge < -0.3 is 78.9 Å². The Kier molecular flexibility index (Phi) is 60.6. The molecule has 0 aliphatic carbocycles. The van der Waals surface area contributed by atoms with Gasteiger partial charge in [0.15, 0.2) is 18.7 Å². The summed E-state index contributed by atoms with van der Waals surface area (Å²) in [7, 11) is -5.81. The Labute approximate surface area is 635 Å². The molecular weight excluding hydrogens is 1360 g/mol. The molecule has 2 saturated heterocycles. The Hall–Kier alpha value is -2.86. The van der Waals surface area contributed by atoms with E-state index in [4.69, 9.17) is 32.9 Å². The number of hydrogen-bond donors (Lipinski definition) is 8. The van der Waals surface area contributed by atoms with Crippen LogP contribution in [0, 0.1) is 0 Å². The third-order valence-electron chi connectivity index (χ3n) is 20.8. The first-order chi connectivity index (χ1) is 50.8. The number of carbonyl (C=O) groups is 5. The highest BCUT2D eigenvalue weighted by molar-refractivity contribution is 7.44. The van der Waals surface area contributed by atoms with E-state index >= 15 is 0 Å². The number of rotatable bonds is 71. The van der Waals surface area contributed by atoms with E-state index < -0.39 is 143 Å². The molecule has 0 spiro atoms. The van der Waals surface area contributed by atoms with Crippen LogP contribution in [0.5, 0.6) is 0 Å². The lowest BCUT2D eigenvalue weighted by Crippen LogP contribution is -2.67. The normalized spacial score (nSPS) is 21.9. The van der Waals surface area contributed by atoms with Gasteiger partial charge in [-0.05, 0) is 44.9 Å². The van der Waals surface area contributed by atoms with E-state index in [1.54, 1.807) is 0 Å². The van der Waals surface area contributed by atoms with Gasteiger partial charge in [-0.1, -0.05) is 324 Å². The lowest BCUT2D eigenvalue weighted by Gasteiger charge is -2.47. The number of phosphoric ester groups is 1. The summed E-state index contributed by atoms with van der Waals surface area (Å²) in [5, 5.41) is 61.2. The molecule has 0 aromatic carbocycles. The summed E-state index contributed by atoms with van der Waals surface area (Å²) >= 11 is 0. The number of unbranched alkanes of at least 4 members (excludes halogenated alkanes) is 44. The van der Waals surface area contributed by atoms with Crippen LogP contribution in [0.1, 0.15) is 401 Å². The van der Waals surface area contributed by atoms with Crippen molar-refractivity contribution in [1.82, 2.24) is 10.6 Å². The smallest absolute Gasteiger partial charge is 0.310 e. The fourth-order valence-corrected chi connectivity index (χ4v) is 15.0. The minimum absolute atomic E-state index is 0.123. The second-order valence-electron chi connectivity index (χ2n) is 30.7. The highest BCUT2D eigenvalue weighted by Gasteiger charge is 2.53. The summed E-state index contributed by atoms with van der Waals surface area (Å²) in [6.07, 6.45) is 34.0. The molecule has 14 atom stereocenters. The molecule has 22 nitrogen and oxygen atoms in total. The molecule has 5 unspecified atom stereocenters. The Morgan fingerprint density at radius 3 is 1.14 bits per heavy atom. The third-order valence-corrected chi connectivity index (χ3v) is 21.4. The molecule has 618 valence electrons. The summed E-state index contributed by atoms with van der Waals surface area (Å²) in [5.41, 5.74) is 0. The number of nitrogens with one attached hydrogen (secondary N) is 2. The van der Waals surface area contributed by atoms with Crippen molar-refractivity contribution in [3.05, 3.63) is 0 Å². The maximum absolute atomic E-state index is 14.8.